The summed E-state index contributed by atoms with van der Waals surface area (Å²) in [4.78, 5) is 0. The van der Waals surface area contributed by atoms with Crippen LogP contribution in [0, 0.1) is 6.43 Å². The molecule has 0 N–H and O–H groups in total. The number of alkyl halides is 3. The Morgan fingerprint density at radius 1 is 1.00 bits per heavy atom. The van der Waals surface area contributed by atoms with Crippen molar-refractivity contribution in [2.75, 3.05) is 0 Å². The highest BCUT2D eigenvalue weighted by Crippen LogP contribution is 2.37. The fraction of sp³-hybridized carbons (Fsp3) is 0.250. The van der Waals surface area contributed by atoms with Gasteiger partial charge < -0.3 is 0 Å². The molecule has 7 heteroatoms. The quantitative estimate of drug-likeness (QED) is 0.430. The maximum absolute atomic E-state index is 11.2. The lowest BCUT2D eigenvalue weighted by atomic mass is 10.3. The van der Waals surface area contributed by atoms with Crippen LogP contribution in [0.4, 0.5) is 30.7 Å². The number of allylic oxidation sites excluding steroid dienone is 1. The second-order valence-electron chi connectivity index (χ2n) is 1.39. The van der Waals surface area contributed by atoms with Crippen molar-refractivity contribution in [1.82, 2.24) is 0 Å². The average Bonchev–Trinajstić information content (AvgIpc) is 1.54. The Labute approximate surface area is 56.3 Å². The molecule has 0 saturated carbocycles. The van der Waals surface area contributed by atoms with Crippen molar-refractivity contribution >= 4 is 0 Å². The molecular formula is C4F7+. The molecule has 0 nitrogen and oxygen atoms in total. The van der Waals surface area contributed by atoms with Crippen LogP contribution in [0.25, 0.3) is 0 Å². The first kappa shape index (κ1) is 10.1. The topological polar surface area (TPSA) is 0 Å². The van der Waals surface area contributed by atoms with Gasteiger partial charge in [0.25, 0.3) is 0 Å². The minimum absolute atomic E-state index is 3.16. The molecule has 0 bridgehead atoms. The molecule has 0 aliphatic rings. The first-order valence-corrected chi connectivity index (χ1v) is 2.07. The largest absolute Gasteiger partial charge is 0.466 e. The van der Waals surface area contributed by atoms with Crippen LogP contribution < -0.4 is 0 Å². The molecule has 0 spiro atoms. The molecule has 0 amide bonds. The maximum atomic E-state index is 11.2. The van der Waals surface area contributed by atoms with Gasteiger partial charge in [-0.05, 0) is 0 Å². The number of halogens is 7. The van der Waals surface area contributed by atoms with Crippen LogP contribution >= 0.6 is 0 Å². The molecular weight excluding hydrogens is 181 g/mol. The molecule has 11 heavy (non-hydrogen) atoms. The highest BCUT2D eigenvalue weighted by molar-refractivity contribution is 5.20. The van der Waals surface area contributed by atoms with Crippen molar-refractivity contribution in [3.05, 3.63) is 18.1 Å². The minimum atomic E-state index is -5.70. The maximum Gasteiger partial charge on any atom is 0.466 e. The third kappa shape index (κ3) is 2.69. The molecule has 64 valence electrons. The Balaban J connectivity index is 4.80. The minimum Gasteiger partial charge on any atom is -0.162 e. The molecule has 0 atom stereocenters. The van der Waals surface area contributed by atoms with Gasteiger partial charge in [-0.1, -0.05) is 17.6 Å². The summed E-state index contributed by atoms with van der Waals surface area (Å²) in [5, 5.41) is 0. The normalized spacial score (nSPS) is 11.2. The second kappa shape index (κ2) is 3.02. The Hall–Kier alpha value is -0.880. The van der Waals surface area contributed by atoms with Gasteiger partial charge in [0.2, 0.25) is 0 Å². The van der Waals surface area contributed by atoms with Crippen LogP contribution in [0.5, 0.6) is 0 Å². The molecule has 0 aromatic carbocycles. The molecule has 0 radical (unpaired) electrons. The van der Waals surface area contributed by atoms with E-state index in [4.69, 9.17) is 0 Å². The van der Waals surface area contributed by atoms with Gasteiger partial charge in [0.15, 0.2) is 0 Å². The van der Waals surface area contributed by atoms with Gasteiger partial charge in [0.1, 0.15) is 0 Å². The molecule has 0 fully saturated rings. The number of hydrogen-bond acceptors (Lipinski definition) is 0. The summed E-state index contributed by atoms with van der Waals surface area (Å²) < 4.78 is 78.0. The summed E-state index contributed by atoms with van der Waals surface area (Å²) in [5.74, 6) is 0. The van der Waals surface area contributed by atoms with Gasteiger partial charge in [-0.15, -0.1) is 0 Å². The smallest absolute Gasteiger partial charge is 0.162 e. The van der Waals surface area contributed by atoms with Crippen LogP contribution in [0.3, 0.4) is 0 Å². The Morgan fingerprint density at radius 3 is 1.36 bits per heavy atom. The number of rotatable bonds is 1. The fourth-order valence-electron chi connectivity index (χ4n) is 0.286. The van der Waals surface area contributed by atoms with Gasteiger partial charge in [-0.3, -0.25) is 0 Å². The van der Waals surface area contributed by atoms with E-state index >= 15 is 0 Å². The zero-order chi connectivity index (χ0) is 9.23. The van der Waals surface area contributed by atoms with Gasteiger partial charge in [-0.25, -0.2) is 0 Å². The summed E-state index contributed by atoms with van der Waals surface area (Å²) in [7, 11) is 0. The first-order valence-electron chi connectivity index (χ1n) is 2.07. The predicted octanol–water partition coefficient (Wildman–Crippen LogP) is 3.13. The van der Waals surface area contributed by atoms with Gasteiger partial charge in [0.05, 0.1) is 0 Å². The monoisotopic (exact) mass is 181 g/mol. The van der Waals surface area contributed by atoms with Crippen LogP contribution in [0.1, 0.15) is 0 Å². The Morgan fingerprint density at radius 2 is 1.36 bits per heavy atom. The highest BCUT2D eigenvalue weighted by Gasteiger charge is 2.54. The van der Waals surface area contributed by atoms with E-state index < -0.39 is 24.3 Å². The lowest BCUT2D eigenvalue weighted by Crippen LogP contribution is -2.15. The van der Waals surface area contributed by atoms with Crippen LogP contribution in [-0.2, 0) is 0 Å². The van der Waals surface area contributed by atoms with E-state index in [1.807, 2.05) is 0 Å². The van der Waals surface area contributed by atoms with E-state index in [0.29, 0.717) is 0 Å². The molecule has 0 heterocycles. The van der Waals surface area contributed by atoms with Gasteiger partial charge in [-0.2, -0.15) is 13.2 Å². The third-order valence-electron chi connectivity index (χ3n) is 0.661. The zero-order valence-corrected chi connectivity index (χ0v) is 4.65. The lowest BCUT2D eigenvalue weighted by Gasteiger charge is -1.98. The van der Waals surface area contributed by atoms with Crippen LogP contribution in [0.15, 0.2) is 11.7 Å². The van der Waals surface area contributed by atoms with Gasteiger partial charge >= 0.3 is 24.3 Å². The number of hydrogen-bond donors (Lipinski definition) is 0. The SMILES string of the molecule is FC(F)=C([C+](F)F)C(F)(F)F. The van der Waals surface area contributed by atoms with Crippen LogP contribution in [-0.4, -0.2) is 6.18 Å². The molecule has 0 aliphatic carbocycles. The summed E-state index contributed by atoms with van der Waals surface area (Å²) in [6, 6.07) is 0. The lowest BCUT2D eigenvalue weighted by molar-refractivity contribution is -0.102. The summed E-state index contributed by atoms with van der Waals surface area (Å²) in [6.07, 6.45) is -12.6. The van der Waals surface area contributed by atoms with Crippen molar-refractivity contribution in [3.63, 3.8) is 0 Å². The molecule has 0 unspecified atom stereocenters. The van der Waals surface area contributed by atoms with E-state index in [1.54, 1.807) is 0 Å². The Kier molecular flexibility index (Phi) is 2.77. The van der Waals surface area contributed by atoms with E-state index in [0.717, 1.165) is 0 Å². The van der Waals surface area contributed by atoms with Crippen molar-refractivity contribution in [1.29, 1.82) is 0 Å². The summed E-state index contributed by atoms with van der Waals surface area (Å²) >= 11 is 0. The van der Waals surface area contributed by atoms with E-state index in [9.17, 15) is 30.7 Å². The summed E-state index contributed by atoms with van der Waals surface area (Å²) in [5.41, 5.74) is -3.16. The average molecular weight is 181 g/mol. The molecule has 0 rings (SSSR count). The van der Waals surface area contributed by atoms with Crippen molar-refractivity contribution in [2.24, 2.45) is 0 Å². The van der Waals surface area contributed by atoms with Crippen LogP contribution in [0.2, 0.25) is 0 Å². The molecule has 0 aliphatic heterocycles. The highest BCUT2D eigenvalue weighted by atomic mass is 19.4. The van der Waals surface area contributed by atoms with Crippen molar-refractivity contribution in [2.45, 2.75) is 6.18 Å². The molecule has 0 aromatic heterocycles. The summed E-state index contributed by atoms with van der Waals surface area (Å²) in [6.45, 7) is 0. The molecule has 0 saturated heterocycles. The van der Waals surface area contributed by atoms with E-state index in [1.165, 1.54) is 0 Å². The Bertz CT molecular complexity index is 160. The van der Waals surface area contributed by atoms with Crippen molar-refractivity contribution < 1.29 is 30.7 Å². The zero-order valence-electron chi connectivity index (χ0n) is 4.65. The second-order valence-corrected chi connectivity index (χ2v) is 1.39. The standard InChI is InChI=1S/C4F7/c5-2(6)1(3(7)8)4(9,10)11/q+1. The fourth-order valence-corrected chi connectivity index (χ4v) is 0.286. The first-order chi connectivity index (χ1) is 4.76. The molecule has 0 aromatic rings. The van der Waals surface area contributed by atoms with E-state index in [-0.39, 0.29) is 0 Å². The third-order valence-corrected chi connectivity index (χ3v) is 0.661. The van der Waals surface area contributed by atoms with Crippen molar-refractivity contribution in [3.8, 4) is 0 Å². The predicted molar refractivity (Wildman–Crippen MR) is 20.8 cm³/mol. The van der Waals surface area contributed by atoms with E-state index in [2.05, 4.69) is 0 Å². The van der Waals surface area contributed by atoms with Gasteiger partial charge in [0, 0.05) is 0 Å².